The van der Waals surface area contributed by atoms with Crippen molar-refractivity contribution in [3.8, 4) is 28.8 Å². The number of carbonyl (C=O) groups is 1. The minimum atomic E-state index is -0.957. The molecule has 67 heavy (non-hydrogen) atoms. The van der Waals surface area contributed by atoms with E-state index in [1.165, 1.54) is 13.2 Å². The monoisotopic (exact) mass is 898 g/mol. The van der Waals surface area contributed by atoms with Crippen LogP contribution in [0.4, 0.5) is 4.39 Å². The van der Waals surface area contributed by atoms with Crippen molar-refractivity contribution < 1.29 is 32.9 Å². The molecule has 0 radical (unpaired) electrons. The van der Waals surface area contributed by atoms with Gasteiger partial charge in [0.2, 0.25) is 5.88 Å². The molecule has 342 valence electrons. The summed E-state index contributed by atoms with van der Waals surface area (Å²) in [6, 6.07) is 41.7. The molecule has 1 aliphatic rings. The first-order valence-electron chi connectivity index (χ1n) is 22.7. The van der Waals surface area contributed by atoms with Gasteiger partial charge in [0, 0.05) is 35.9 Å². The van der Waals surface area contributed by atoms with Crippen LogP contribution in [0.2, 0.25) is 0 Å². The maximum absolute atomic E-state index is 17.0. The summed E-state index contributed by atoms with van der Waals surface area (Å²) in [5.74, 6) is 0.0768. The number of methoxy groups -OCH3 is 2. The molecule has 9 rings (SSSR count). The van der Waals surface area contributed by atoms with Crippen molar-refractivity contribution in [2.75, 3.05) is 27.4 Å². The van der Waals surface area contributed by atoms with E-state index in [2.05, 4.69) is 69.4 Å². The van der Waals surface area contributed by atoms with E-state index in [-0.39, 0.29) is 36.7 Å². The Hall–Kier alpha value is -7.11. The van der Waals surface area contributed by atoms with Gasteiger partial charge in [-0.1, -0.05) is 124 Å². The van der Waals surface area contributed by atoms with Gasteiger partial charge in [-0.15, -0.1) is 0 Å². The summed E-state index contributed by atoms with van der Waals surface area (Å²) in [7, 11) is 2.98. The molecular formula is C56H55FN4O6. The third kappa shape index (κ3) is 8.95. The van der Waals surface area contributed by atoms with E-state index in [4.69, 9.17) is 38.8 Å². The smallest absolute Gasteiger partial charge is 0.337 e. The van der Waals surface area contributed by atoms with Gasteiger partial charge in [-0.3, -0.25) is 4.68 Å². The number of esters is 1. The van der Waals surface area contributed by atoms with E-state index in [0.717, 1.165) is 46.0 Å². The molecule has 8 aromatic rings. The van der Waals surface area contributed by atoms with Gasteiger partial charge in [0.05, 0.1) is 36.3 Å². The van der Waals surface area contributed by atoms with Gasteiger partial charge in [0.15, 0.2) is 5.75 Å². The van der Waals surface area contributed by atoms with Crippen LogP contribution in [0.1, 0.15) is 90.2 Å². The van der Waals surface area contributed by atoms with Gasteiger partial charge in [-0.05, 0) is 89.6 Å². The largest absolute Gasteiger partial charge is 0.486 e. The number of carbonyl (C=O) groups excluding carboxylic acids is 1. The van der Waals surface area contributed by atoms with Crippen molar-refractivity contribution in [3.63, 3.8) is 0 Å². The number of hydrogen-bond donors (Lipinski definition) is 0. The Bertz CT molecular complexity index is 2940. The first kappa shape index (κ1) is 45.1. The fourth-order valence-corrected chi connectivity index (χ4v) is 8.72. The molecule has 11 heteroatoms. The SMILES string of the molecule is COC(=O)c1ccc(COc2c(-c3c(C)c(F)cc4nn(C(c5ccccc5)(c5ccccc5)c5ccccc5)cc34)c(C3CC3)cc3c(OCC(C)(C)C)nc(OC[C@H](C)OC)nc23)cc1. The molecule has 0 saturated heterocycles. The van der Waals surface area contributed by atoms with Crippen LogP contribution in [0.25, 0.3) is 32.9 Å². The van der Waals surface area contributed by atoms with Gasteiger partial charge < -0.3 is 23.7 Å². The summed E-state index contributed by atoms with van der Waals surface area (Å²) in [5, 5.41) is 6.74. The summed E-state index contributed by atoms with van der Waals surface area (Å²) >= 11 is 0. The third-order valence-corrected chi connectivity index (χ3v) is 12.4. The Morgan fingerprint density at radius 3 is 1.94 bits per heavy atom. The quantitative estimate of drug-likeness (QED) is 0.0692. The molecule has 6 aromatic carbocycles. The molecule has 1 fully saturated rings. The maximum Gasteiger partial charge on any atom is 0.337 e. The van der Waals surface area contributed by atoms with Crippen molar-refractivity contribution in [1.82, 2.24) is 19.7 Å². The second kappa shape index (κ2) is 18.6. The highest BCUT2D eigenvalue weighted by Gasteiger charge is 2.41. The van der Waals surface area contributed by atoms with E-state index < -0.39 is 17.3 Å². The number of aromatic nitrogens is 4. The standard InChI is InChI=1S/C56H55FN4O6/c1-35(63-6)32-66-54-58-50-44(52(59-54)67-34-55(3,4)5)29-43(38-27-28-38)49(51(50)65-33-37-23-25-39(26-24-37)53(62)64-7)48-36(2)46(57)30-47-45(48)31-61(60-47)56(40-17-11-8-12-18-40,41-19-13-9-14-20-41)42-21-15-10-16-22-42/h8-26,29-31,35,38H,27-28,32-34H2,1-7H3/t35-/m0/s1. The summed E-state index contributed by atoms with van der Waals surface area (Å²) < 4.78 is 49.3. The minimum absolute atomic E-state index is 0.0880. The summed E-state index contributed by atoms with van der Waals surface area (Å²) in [6.45, 7) is 10.7. The molecule has 0 bridgehead atoms. The summed E-state index contributed by atoms with van der Waals surface area (Å²) in [5.41, 5.74) is 6.71. The van der Waals surface area contributed by atoms with Crippen molar-refractivity contribution in [1.29, 1.82) is 0 Å². The van der Waals surface area contributed by atoms with Crippen LogP contribution < -0.4 is 14.2 Å². The number of ether oxygens (including phenoxy) is 5. The van der Waals surface area contributed by atoms with Gasteiger partial charge in [-0.2, -0.15) is 15.1 Å². The Labute approximate surface area is 390 Å². The zero-order chi connectivity index (χ0) is 46.9. The Balaban J connectivity index is 1.35. The van der Waals surface area contributed by atoms with Crippen molar-refractivity contribution in [2.24, 2.45) is 5.41 Å². The number of benzene rings is 6. The Morgan fingerprint density at radius 1 is 0.776 bits per heavy atom. The fourth-order valence-electron chi connectivity index (χ4n) is 8.72. The van der Waals surface area contributed by atoms with Crippen LogP contribution in [-0.2, 0) is 21.6 Å². The topological polar surface area (TPSA) is 107 Å². The number of fused-ring (bicyclic) bond motifs is 2. The highest BCUT2D eigenvalue weighted by atomic mass is 19.1. The lowest BCUT2D eigenvalue weighted by Crippen LogP contribution is -2.38. The molecule has 0 aliphatic heterocycles. The molecule has 1 aliphatic carbocycles. The molecule has 0 spiro atoms. The van der Waals surface area contributed by atoms with Crippen LogP contribution >= 0.6 is 0 Å². The van der Waals surface area contributed by atoms with Gasteiger partial charge in [0.1, 0.15) is 30.1 Å². The van der Waals surface area contributed by atoms with E-state index in [9.17, 15) is 4.79 Å². The molecule has 1 atom stereocenters. The number of rotatable bonds is 16. The highest BCUT2D eigenvalue weighted by molar-refractivity contribution is 6.05. The van der Waals surface area contributed by atoms with Crippen molar-refractivity contribution in [3.05, 3.63) is 178 Å². The van der Waals surface area contributed by atoms with Crippen LogP contribution in [0.3, 0.4) is 0 Å². The molecule has 0 N–H and O–H groups in total. The second-order valence-corrected chi connectivity index (χ2v) is 18.5. The molecule has 2 aromatic heterocycles. The summed E-state index contributed by atoms with van der Waals surface area (Å²) in [6.07, 6.45) is 3.67. The predicted molar refractivity (Wildman–Crippen MR) is 259 cm³/mol. The molecular weight excluding hydrogens is 844 g/mol. The van der Waals surface area contributed by atoms with E-state index in [1.807, 2.05) is 85.3 Å². The van der Waals surface area contributed by atoms with Crippen molar-refractivity contribution >= 4 is 27.8 Å². The predicted octanol–water partition coefficient (Wildman–Crippen LogP) is 12.0. The minimum Gasteiger partial charge on any atom is -0.486 e. The molecule has 2 heterocycles. The van der Waals surface area contributed by atoms with Gasteiger partial charge >= 0.3 is 12.0 Å². The van der Waals surface area contributed by atoms with Gasteiger partial charge in [0.25, 0.3) is 0 Å². The highest BCUT2D eigenvalue weighted by Crippen LogP contribution is 2.54. The maximum atomic E-state index is 17.0. The molecule has 1 saturated carbocycles. The lowest BCUT2D eigenvalue weighted by Gasteiger charge is -2.36. The first-order chi connectivity index (χ1) is 32.4. The number of hydrogen-bond acceptors (Lipinski definition) is 9. The molecule has 0 amide bonds. The number of nitrogens with zero attached hydrogens (tertiary/aromatic N) is 4. The fraction of sp³-hybridized carbons (Fsp3) is 0.286. The average molecular weight is 899 g/mol. The Morgan fingerprint density at radius 2 is 1.39 bits per heavy atom. The van der Waals surface area contributed by atoms with Gasteiger partial charge in [-0.25, -0.2) is 9.18 Å². The van der Waals surface area contributed by atoms with Crippen LogP contribution in [0, 0.1) is 18.2 Å². The zero-order valence-electron chi connectivity index (χ0n) is 39.0. The lowest BCUT2D eigenvalue weighted by molar-refractivity contribution is 0.0600. The average Bonchev–Trinajstić information content (AvgIpc) is 4.12. The van der Waals surface area contributed by atoms with E-state index in [0.29, 0.717) is 56.9 Å². The normalized spacial score (nSPS) is 13.4. The van der Waals surface area contributed by atoms with Crippen LogP contribution in [0.15, 0.2) is 134 Å². The molecule has 0 unspecified atom stereocenters. The second-order valence-electron chi connectivity index (χ2n) is 18.5. The Kier molecular flexibility index (Phi) is 12.5. The van der Waals surface area contributed by atoms with Crippen LogP contribution in [0.5, 0.6) is 17.6 Å². The molecule has 10 nitrogen and oxygen atoms in total. The lowest BCUT2D eigenvalue weighted by atomic mass is 9.77. The summed E-state index contributed by atoms with van der Waals surface area (Å²) in [4.78, 5) is 22.3. The number of halogens is 1. The third-order valence-electron chi connectivity index (χ3n) is 12.4. The van der Waals surface area contributed by atoms with E-state index in [1.54, 1.807) is 19.2 Å². The van der Waals surface area contributed by atoms with E-state index >= 15 is 4.39 Å². The van der Waals surface area contributed by atoms with Crippen LogP contribution in [-0.4, -0.2) is 59.3 Å². The first-order valence-corrected chi connectivity index (χ1v) is 22.7. The van der Waals surface area contributed by atoms with Crippen molar-refractivity contribution in [2.45, 2.75) is 71.6 Å². The zero-order valence-corrected chi connectivity index (χ0v) is 39.0.